The fourth-order valence-electron chi connectivity index (χ4n) is 3.97. The highest BCUT2D eigenvalue weighted by atomic mass is 32.1. The minimum atomic E-state index is -0.931. The van der Waals surface area contributed by atoms with Crippen molar-refractivity contribution in [2.24, 2.45) is 11.8 Å². The van der Waals surface area contributed by atoms with Gasteiger partial charge in [-0.2, -0.15) is 0 Å². The van der Waals surface area contributed by atoms with Gasteiger partial charge in [0.25, 0.3) is 5.91 Å². The van der Waals surface area contributed by atoms with Crippen LogP contribution in [0.1, 0.15) is 49.6 Å². The summed E-state index contributed by atoms with van der Waals surface area (Å²) in [6, 6.07) is 6.14. The van der Waals surface area contributed by atoms with E-state index in [0.717, 1.165) is 0 Å². The van der Waals surface area contributed by atoms with Gasteiger partial charge in [-0.1, -0.05) is 45.9 Å². The molecular weight excluding hydrogens is 532 g/mol. The molecule has 40 heavy (non-hydrogen) atoms. The molecule has 3 rings (SSSR count). The van der Waals surface area contributed by atoms with Crippen molar-refractivity contribution in [1.82, 2.24) is 30.9 Å². The highest BCUT2D eigenvalue weighted by Gasteiger charge is 2.32. The van der Waals surface area contributed by atoms with Gasteiger partial charge in [-0.15, -0.1) is 11.3 Å². The number of carbonyl (C=O) groups is 4. The minimum Gasteiger partial charge on any atom is -0.484 e. The lowest BCUT2D eigenvalue weighted by molar-refractivity contribution is -0.133. The number of benzene rings is 1. The summed E-state index contributed by atoms with van der Waals surface area (Å²) in [5, 5.41) is 10.3. The molecule has 0 aliphatic carbocycles. The zero-order chi connectivity index (χ0) is 29.1. The molecule has 2 aromatic heterocycles. The Balaban J connectivity index is 1.69. The summed E-state index contributed by atoms with van der Waals surface area (Å²) in [5.41, 5.74) is 0.667. The maximum Gasteiger partial charge on any atom is 0.258 e. The third kappa shape index (κ3) is 9.30. The standard InChI is InChI=1S/C28H36N6O5S/c1-17(2)12-22(26(37)32-21(13-19-14-29-16-31-19)25(36)28-30-10-11-40-28)33-27(38)24(18(3)4)34-23(35)15-39-20-8-6-5-7-9-20/h5-11,14,16-18,21-22,24H,12-13,15H2,1-4H3,(H,29,31)(H,32,37)(H,33,38)(H,34,35)/t21-,22-,24-/m1/s1. The van der Waals surface area contributed by atoms with E-state index in [4.69, 9.17) is 4.74 Å². The summed E-state index contributed by atoms with van der Waals surface area (Å²) >= 11 is 1.19. The molecule has 0 fully saturated rings. The van der Waals surface area contributed by atoms with Gasteiger partial charge < -0.3 is 25.7 Å². The van der Waals surface area contributed by atoms with Crippen LogP contribution in [0.2, 0.25) is 0 Å². The van der Waals surface area contributed by atoms with E-state index in [2.05, 4.69) is 30.9 Å². The second-order valence-corrected chi connectivity index (χ2v) is 11.0. The van der Waals surface area contributed by atoms with E-state index in [1.807, 2.05) is 19.9 Å². The summed E-state index contributed by atoms with van der Waals surface area (Å²) in [4.78, 5) is 63.6. The molecule has 3 amide bonds. The van der Waals surface area contributed by atoms with Crippen molar-refractivity contribution in [3.63, 3.8) is 0 Å². The van der Waals surface area contributed by atoms with Gasteiger partial charge in [0.15, 0.2) is 11.6 Å². The summed E-state index contributed by atoms with van der Waals surface area (Å²) in [6.07, 6.45) is 5.11. The Hall–Kier alpha value is -4.06. The zero-order valence-corrected chi connectivity index (χ0v) is 23.9. The largest absolute Gasteiger partial charge is 0.484 e. The number of rotatable bonds is 15. The number of Topliss-reactive ketones (excluding diaryl/α,β-unsaturated/α-hetero) is 1. The van der Waals surface area contributed by atoms with Gasteiger partial charge in [-0.25, -0.2) is 9.97 Å². The van der Waals surface area contributed by atoms with E-state index in [1.165, 1.54) is 23.9 Å². The number of ketones is 1. The summed E-state index contributed by atoms with van der Waals surface area (Å²) in [5.74, 6) is -1.47. The van der Waals surface area contributed by atoms with Crippen molar-refractivity contribution in [3.05, 3.63) is 65.1 Å². The number of aromatic nitrogens is 3. The monoisotopic (exact) mass is 568 g/mol. The molecule has 3 atom stereocenters. The van der Waals surface area contributed by atoms with Crippen LogP contribution in [-0.4, -0.2) is 63.2 Å². The summed E-state index contributed by atoms with van der Waals surface area (Å²) in [6.45, 7) is 7.20. The summed E-state index contributed by atoms with van der Waals surface area (Å²) < 4.78 is 5.49. The molecule has 2 heterocycles. The third-order valence-corrected chi connectivity index (χ3v) is 6.76. The molecule has 11 nitrogen and oxygen atoms in total. The highest BCUT2D eigenvalue weighted by Crippen LogP contribution is 2.13. The molecule has 0 spiro atoms. The van der Waals surface area contributed by atoms with Crippen LogP contribution in [0.3, 0.4) is 0 Å². The van der Waals surface area contributed by atoms with E-state index < -0.39 is 35.8 Å². The van der Waals surface area contributed by atoms with Crippen molar-refractivity contribution in [2.75, 3.05) is 6.61 Å². The van der Waals surface area contributed by atoms with E-state index in [-0.39, 0.29) is 35.7 Å². The van der Waals surface area contributed by atoms with E-state index in [0.29, 0.717) is 17.9 Å². The number of amides is 3. The lowest BCUT2D eigenvalue weighted by atomic mass is 9.99. The fraction of sp³-hybridized carbons (Fsp3) is 0.429. The van der Waals surface area contributed by atoms with Gasteiger partial charge in [0.1, 0.15) is 23.9 Å². The number of aromatic amines is 1. The van der Waals surface area contributed by atoms with Crippen LogP contribution in [0, 0.1) is 11.8 Å². The Morgan fingerprint density at radius 3 is 2.30 bits per heavy atom. The van der Waals surface area contributed by atoms with E-state index in [9.17, 15) is 19.2 Å². The molecule has 0 saturated carbocycles. The zero-order valence-electron chi connectivity index (χ0n) is 23.0. The SMILES string of the molecule is CC(C)C[C@@H](NC(=O)[C@H](NC(=O)COc1ccccc1)C(C)C)C(=O)N[C@H](Cc1cnc[nH]1)C(=O)c1nccs1. The first-order valence-corrected chi connectivity index (χ1v) is 14.0. The van der Waals surface area contributed by atoms with Gasteiger partial charge in [0, 0.05) is 29.9 Å². The molecule has 12 heteroatoms. The predicted molar refractivity (Wildman–Crippen MR) is 151 cm³/mol. The number of ether oxygens (including phenoxy) is 1. The Bertz CT molecular complexity index is 1230. The molecule has 0 unspecified atom stereocenters. The van der Waals surface area contributed by atoms with Crippen LogP contribution < -0.4 is 20.7 Å². The first kappa shape index (κ1) is 30.5. The van der Waals surface area contributed by atoms with E-state index >= 15 is 0 Å². The van der Waals surface area contributed by atoms with Crippen LogP contribution in [-0.2, 0) is 20.8 Å². The topological polar surface area (TPSA) is 155 Å². The predicted octanol–water partition coefficient (Wildman–Crippen LogP) is 2.53. The lowest BCUT2D eigenvalue weighted by Crippen LogP contribution is -2.57. The minimum absolute atomic E-state index is 0.0585. The van der Waals surface area contributed by atoms with Crippen LogP contribution in [0.25, 0.3) is 0 Å². The number of carbonyl (C=O) groups excluding carboxylic acids is 4. The number of hydrogen-bond donors (Lipinski definition) is 4. The Morgan fingerprint density at radius 2 is 1.70 bits per heavy atom. The smallest absolute Gasteiger partial charge is 0.258 e. The number of imidazole rings is 1. The second-order valence-electron chi connectivity index (χ2n) is 10.1. The Labute approximate surface area is 237 Å². The molecule has 0 aliphatic rings. The molecule has 214 valence electrons. The van der Waals surface area contributed by atoms with Crippen molar-refractivity contribution < 1.29 is 23.9 Å². The maximum atomic E-state index is 13.5. The summed E-state index contributed by atoms with van der Waals surface area (Å²) in [7, 11) is 0. The average Bonchev–Trinajstić information content (AvgIpc) is 3.64. The van der Waals surface area contributed by atoms with Gasteiger partial charge in [0.2, 0.25) is 17.6 Å². The van der Waals surface area contributed by atoms with Crippen molar-refractivity contribution >= 4 is 34.8 Å². The van der Waals surface area contributed by atoms with Gasteiger partial charge in [0.05, 0.1) is 6.33 Å². The molecule has 0 bridgehead atoms. The average molecular weight is 569 g/mol. The molecule has 4 N–H and O–H groups in total. The van der Waals surface area contributed by atoms with Gasteiger partial charge in [-0.3, -0.25) is 19.2 Å². The number of nitrogens with zero attached hydrogens (tertiary/aromatic N) is 2. The fourth-order valence-corrected chi connectivity index (χ4v) is 4.60. The van der Waals surface area contributed by atoms with E-state index in [1.54, 1.807) is 49.7 Å². The first-order chi connectivity index (χ1) is 19.1. The number of thiazole rings is 1. The van der Waals surface area contributed by atoms with Crippen molar-refractivity contribution in [1.29, 1.82) is 0 Å². The second kappa shape index (κ2) is 14.9. The lowest BCUT2D eigenvalue weighted by Gasteiger charge is -2.27. The number of H-pyrrole nitrogens is 1. The maximum absolute atomic E-state index is 13.5. The molecule has 0 saturated heterocycles. The molecule has 1 aromatic carbocycles. The Morgan fingerprint density at radius 1 is 0.975 bits per heavy atom. The third-order valence-electron chi connectivity index (χ3n) is 5.97. The van der Waals surface area contributed by atoms with Crippen molar-refractivity contribution in [3.8, 4) is 5.75 Å². The molecular formula is C28H36N6O5S. The highest BCUT2D eigenvalue weighted by molar-refractivity contribution is 7.11. The number of hydrogen-bond acceptors (Lipinski definition) is 8. The van der Waals surface area contributed by atoms with Gasteiger partial charge in [-0.05, 0) is 30.4 Å². The van der Waals surface area contributed by atoms with Crippen LogP contribution in [0.15, 0.2) is 54.4 Å². The van der Waals surface area contributed by atoms with Crippen LogP contribution >= 0.6 is 11.3 Å². The number of nitrogens with one attached hydrogen (secondary N) is 4. The first-order valence-electron chi connectivity index (χ1n) is 13.1. The van der Waals surface area contributed by atoms with Crippen molar-refractivity contribution in [2.45, 2.75) is 58.7 Å². The Kier molecular flexibility index (Phi) is 11.4. The molecule has 3 aromatic rings. The van der Waals surface area contributed by atoms with Crippen LogP contribution in [0.5, 0.6) is 5.75 Å². The van der Waals surface area contributed by atoms with Gasteiger partial charge >= 0.3 is 0 Å². The quantitative estimate of drug-likeness (QED) is 0.205. The normalized spacial score (nSPS) is 13.3. The molecule has 0 aliphatic heterocycles. The number of para-hydroxylation sites is 1. The molecule has 0 radical (unpaired) electrons. The van der Waals surface area contributed by atoms with Crippen LogP contribution in [0.4, 0.5) is 0 Å².